The summed E-state index contributed by atoms with van der Waals surface area (Å²) in [6.07, 6.45) is 1.51. The van der Waals surface area contributed by atoms with Gasteiger partial charge in [-0.25, -0.2) is 9.48 Å². The van der Waals surface area contributed by atoms with Gasteiger partial charge in [-0.05, 0) is 38.5 Å². The summed E-state index contributed by atoms with van der Waals surface area (Å²) in [4.78, 5) is 11.7. The van der Waals surface area contributed by atoms with E-state index in [9.17, 15) is 4.79 Å². The lowest BCUT2D eigenvalue weighted by atomic mass is 10.2. The Bertz CT molecular complexity index is 620. The Morgan fingerprint density at radius 2 is 2.16 bits per heavy atom. The van der Waals surface area contributed by atoms with Crippen molar-refractivity contribution in [2.75, 3.05) is 6.61 Å². The number of aromatic nitrogens is 2. The number of benzene rings is 1. The molecule has 0 N–H and O–H groups in total. The minimum atomic E-state index is -0.357. The van der Waals surface area contributed by atoms with E-state index in [-0.39, 0.29) is 5.97 Å². The van der Waals surface area contributed by atoms with Crippen molar-refractivity contribution < 1.29 is 9.53 Å². The zero-order valence-electron chi connectivity index (χ0n) is 11.1. The van der Waals surface area contributed by atoms with E-state index in [2.05, 4.69) is 5.10 Å². The molecule has 19 heavy (non-hydrogen) atoms. The van der Waals surface area contributed by atoms with Crippen LogP contribution in [0.4, 0.5) is 0 Å². The van der Waals surface area contributed by atoms with E-state index >= 15 is 0 Å². The molecule has 0 amide bonds. The van der Waals surface area contributed by atoms with Gasteiger partial charge >= 0.3 is 5.97 Å². The van der Waals surface area contributed by atoms with Crippen LogP contribution in [0.5, 0.6) is 0 Å². The number of aryl methyl sites for hydroxylation is 1. The predicted octanol–water partition coefficient (Wildman–Crippen LogP) is 3.32. The van der Waals surface area contributed by atoms with Gasteiger partial charge in [0.15, 0.2) is 0 Å². The van der Waals surface area contributed by atoms with Crippen LogP contribution < -0.4 is 0 Å². The molecule has 0 spiro atoms. The van der Waals surface area contributed by atoms with Crippen molar-refractivity contribution in [2.45, 2.75) is 20.8 Å². The van der Waals surface area contributed by atoms with Crippen molar-refractivity contribution in [3.8, 4) is 5.69 Å². The molecule has 0 saturated carbocycles. The minimum absolute atomic E-state index is 0.347. The van der Waals surface area contributed by atoms with E-state index in [1.54, 1.807) is 11.6 Å². The first kappa shape index (κ1) is 13.6. The number of nitrogens with zero attached hydrogens (tertiary/aromatic N) is 2. The van der Waals surface area contributed by atoms with Crippen molar-refractivity contribution in [3.05, 3.63) is 46.2 Å². The van der Waals surface area contributed by atoms with Crippen LogP contribution in [0.15, 0.2) is 24.4 Å². The molecule has 1 aromatic heterocycles. The van der Waals surface area contributed by atoms with Crippen LogP contribution in [0.1, 0.15) is 28.5 Å². The number of hydrogen-bond acceptors (Lipinski definition) is 3. The average molecular weight is 279 g/mol. The summed E-state index contributed by atoms with van der Waals surface area (Å²) in [5.74, 6) is -0.357. The number of ether oxygens (including phenoxy) is 1. The van der Waals surface area contributed by atoms with Gasteiger partial charge in [0.25, 0.3) is 0 Å². The van der Waals surface area contributed by atoms with Crippen LogP contribution in [0, 0.1) is 13.8 Å². The Labute approximate surface area is 116 Å². The zero-order chi connectivity index (χ0) is 14.0. The van der Waals surface area contributed by atoms with E-state index in [4.69, 9.17) is 16.3 Å². The molecule has 0 aliphatic rings. The van der Waals surface area contributed by atoms with Gasteiger partial charge in [0.2, 0.25) is 0 Å². The summed E-state index contributed by atoms with van der Waals surface area (Å²) in [5.41, 5.74) is 3.03. The van der Waals surface area contributed by atoms with Gasteiger partial charge in [0.1, 0.15) is 5.56 Å². The van der Waals surface area contributed by atoms with Crippen molar-refractivity contribution in [1.82, 2.24) is 9.78 Å². The molecule has 2 aromatic rings. The summed E-state index contributed by atoms with van der Waals surface area (Å²) in [7, 11) is 0. The summed E-state index contributed by atoms with van der Waals surface area (Å²) in [6, 6.07) is 5.66. The number of esters is 1. The first-order chi connectivity index (χ1) is 9.04. The van der Waals surface area contributed by atoms with Crippen LogP contribution in [-0.4, -0.2) is 22.4 Å². The first-order valence-corrected chi connectivity index (χ1v) is 6.40. The van der Waals surface area contributed by atoms with E-state index in [1.807, 2.05) is 32.0 Å². The van der Waals surface area contributed by atoms with Gasteiger partial charge in [0.05, 0.1) is 24.2 Å². The predicted molar refractivity (Wildman–Crippen MR) is 74.0 cm³/mol. The lowest BCUT2D eigenvalue weighted by Gasteiger charge is -2.07. The maximum atomic E-state index is 11.7. The molecule has 1 aromatic carbocycles. The smallest absolute Gasteiger partial charge is 0.341 e. The molecule has 0 atom stereocenters. The minimum Gasteiger partial charge on any atom is -0.462 e. The fourth-order valence-corrected chi connectivity index (χ4v) is 1.97. The molecule has 0 aliphatic heterocycles. The zero-order valence-corrected chi connectivity index (χ0v) is 11.9. The Morgan fingerprint density at radius 1 is 1.42 bits per heavy atom. The summed E-state index contributed by atoms with van der Waals surface area (Å²) in [5, 5.41) is 4.89. The molecule has 0 radical (unpaired) electrons. The summed E-state index contributed by atoms with van der Waals surface area (Å²) >= 11 is 6.10. The number of carbonyl (C=O) groups is 1. The highest BCUT2D eigenvalue weighted by atomic mass is 35.5. The highest BCUT2D eigenvalue weighted by Gasteiger charge is 2.16. The van der Waals surface area contributed by atoms with Gasteiger partial charge in [-0.2, -0.15) is 5.10 Å². The quantitative estimate of drug-likeness (QED) is 0.809. The summed E-state index contributed by atoms with van der Waals surface area (Å²) < 4.78 is 6.66. The molecule has 0 saturated heterocycles. The second-order valence-electron chi connectivity index (χ2n) is 4.21. The van der Waals surface area contributed by atoms with Gasteiger partial charge in [-0.3, -0.25) is 0 Å². The molecule has 0 aliphatic carbocycles. The Kier molecular flexibility index (Phi) is 3.90. The van der Waals surface area contributed by atoms with Gasteiger partial charge in [-0.1, -0.05) is 17.7 Å². The largest absolute Gasteiger partial charge is 0.462 e. The fraction of sp³-hybridized carbons (Fsp3) is 0.286. The normalized spacial score (nSPS) is 10.5. The van der Waals surface area contributed by atoms with Crippen LogP contribution >= 0.6 is 11.6 Å². The Hall–Kier alpha value is -1.81. The molecular formula is C14H15ClN2O2. The van der Waals surface area contributed by atoms with Crippen molar-refractivity contribution in [3.63, 3.8) is 0 Å². The Morgan fingerprint density at radius 3 is 2.79 bits per heavy atom. The summed E-state index contributed by atoms with van der Waals surface area (Å²) in [6.45, 7) is 5.89. The number of carbonyl (C=O) groups excluding carboxylic acids is 1. The highest BCUT2D eigenvalue weighted by molar-refractivity contribution is 6.31. The van der Waals surface area contributed by atoms with Crippen molar-refractivity contribution >= 4 is 17.6 Å². The molecule has 0 bridgehead atoms. The molecule has 0 fully saturated rings. The molecule has 100 valence electrons. The molecule has 5 heteroatoms. The third-order valence-electron chi connectivity index (χ3n) is 2.91. The van der Waals surface area contributed by atoms with E-state index in [0.717, 1.165) is 16.9 Å². The molecule has 0 unspecified atom stereocenters. The molecule has 4 nitrogen and oxygen atoms in total. The lowest BCUT2D eigenvalue weighted by molar-refractivity contribution is 0.0525. The lowest BCUT2D eigenvalue weighted by Crippen LogP contribution is -2.07. The monoisotopic (exact) mass is 278 g/mol. The van der Waals surface area contributed by atoms with Gasteiger partial charge in [0, 0.05) is 5.02 Å². The van der Waals surface area contributed by atoms with Crippen molar-refractivity contribution in [2.24, 2.45) is 0 Å². The maximum absolute atomic E-state index is 11.7. The van der Waals surface area contributed by atoms with Gasteiger partial charge < -0.3 is 4.74 Å². The molecule has 1 heterocycles. The standard InChI is InChI=1S/C14H15ClN2O2/c1-4-19-14(18)12-8-16-17(10(12)3)11-6-5-9(2)13(15)7-11/h5-8H,4H2,1-3H3. The number of halogens is 1. The third-order valence-corrected chi connectivity index (χ3v) is 3.31. The Balaban J connectivity index is 2.41. The first-order valence-electron chi connectivity index (χ1n) is 6.03. The maximum Gasteiger partial charge on any atom is 0.341 e. The number of rotatable bonds is 3. The van der Waals surface area contributed by atoms with Crippen LogP contribution in [0.3, 0.4) is 0 Å². The van der Waals surface area contributed by atoms with E-state index < -0.39 is 0 Å². The van der Waals surface area contributed by atoms with Crippen LogP contribution in [0.25, 0.3) is 5.69 Å². The van der Waals surface area contributed by atoms with Crippen LogP contribution in [0.2, 0.25) is 5.02 Å². The van der Waals surface area contributed by atoms with E-state index in [1.165, 1.54) is 6.20 Å². The fourth-order valence-electron chi connectivity index (χ4n) is 1.79. The average Bonchev–Trinajstić information content (AvgIpc) is 2.75. The SMILES string of the molecule is CCOC(=O)c1cnn(-c2ccc(C)c(Cl)c2)c1C. The molecule has 2 rings (SSSR count). The number of hydrogen-bond donors (Lipinski definition) is 0. The third kappa shape index (κ3) is 2.63. The highest BCUT2D eigenvalue weighted by Crippen LogP contribution is 2.21. The van der Waals surface area contributed by atoms with E-state index in [0.29, 0.717) is 17.2 Å². The second-order valence-corrected chi connectivity index (χ2v) is 4.62. The van der Waals surface area contributed by atoms with Gasteiger partial charge in [-0.15, -0.1) is 0 Å². The topological polar surface area (TPSA) is 44.1 Å². The second kappa shape index (κ2) is 5.45. The van der Waals surface area contributed by atoms with Crippen molar-refractivity contribution in [1.29, 1.82) is 0 Å². The molecular weight excluding hydrogens is 264 g/mol. The van der Waals surface area contributed by atoms with Crippen LogP contribution in [-0.2, 0) is 4.74 Å².